The van der Waals surface area contributed by atoms with E-state index in [0.717, 1.165) is 12.0 Å². The number of nitrogens with one attached hydrogen (secondary N) is 1. The number of benzene rings is 2. The molecule has 0 saturated carbocycles. The molecule has 0 aliphatic rings. The van der Waals surface area contributed by atoms with E-state index in [1.807, 2.05) is 24.3 Å². The Bertz CT molecular complexity index is 764. The number of hydrogen-bond donors (Lipinski definition) is 1. The van der Waals surface area contributed by atoms with E-state index in [9.17, 15) is 10.1 Å². The van der Waals surface area contributed by atoms with Gasteiger partial charge in [-0.2, -0.15) is 5.26 Å². The van der Waals surface area contributed by atoms with Crippen molar-refractivity contribution in [3.63, 3.8) is 0 Å². The van der Waals surface area contributed by atoms with Crippen LogP contribution in [0.25, 0.3) is 0 Å². The van der Waals surface area contributed by atoms with Crippen molar-refractivity contribution in [1.29, 1.82) is 5.26 Å². The summed E-state index contributed by atoms with van der Waals surface area (Å²) >= 11 is 0. The summed E-state index contributed by atoms with van der Waals surface area (Å²) in [5.41, 5.74) is 2.63. The van der Waals surface area contributed by atoms with Gasteiger partial charge in [0, 0.05) is 12.1 Å². The topological polar surface area (TPSA) is 71.4 Å². The Morgan fingerprint density at radius 1 is 1.16 bits per heavy atom. The van der Waals surface area contributed by atoms with Gasteiger partial charge in [-0.3, -0.25) is 4.79 Å². The van der Waals surface area contributed by atoms with Gasteiger partial charge in [-0.05, 0) is 47.9 Å². The van der Waals surface area contributed by atoms with E-state index < -0.39 is 5.92 Å². The maximum atomic E-state index is 12.5. The molecule has 2 rings (SSSR count). The summed E-state index contributed by atoms with van der Waals surface area (Å²) in [7, 11) is 3.13. The van der Waals surface area contributed by atoms with Gasteiger partial charge in [0.15, 0.2) is 0 Å². The van der Waals surface area contributed by atoms with Crippen molar-refractivity contribution in [2.75, 3.05) is 19.5 Å². The summed E-state index contributed by atoms with van der Waals surface area (Å²) in [5, 5.41) is 12.2. The van der Waals surface area contributed by atoms with E-state index in [-0.39, 0.29) is 12.3 Å². The fourth-order valence-corrected chi connectivity index (χ4v) is 2.51. The first kappa shape index (κ1) is 18.3. The lowest BCUT2D eigenvalue weighted by Crippen LogP contribution is -2.23. The summed E-state index contributed by atoms with van der Waals surface area (Å²) in [4.78, 5) is 12.5. The second kappa shape index (κ2) is 8.74. The van der Waals surface area contributed by atoms with Gasteiger partial charge < -0.3 is 14.8 Å². The van der Waals surface area contributed by atoms with E-state index in [4.69, 9.17) is 9.47 Å². The Kier molecular flexibility index (Phi) is 6.41. The standard InChI is InChI=1S/C20H22N2O3/c1-4-14-5-7-17(8-6-14)22-20(23)16(13-21)11-15-12-18(24-2)9-10-19(15)25-3/h5-10,12,16H,4,11H2,1-3H3,(H,22,23)/t16-/m1/s1. The molecule has 0 fully saturated rings. The van der Waals surface area contributed by atoms with Crippen LogP contribution in [0.4, 0.5) is 5.69 Å². The van der Waals surface area contributed by atoms with Crippen molar-refractivity contribution in [2.45, 2.75) is 19.8 Å². The van der Waals surface area contributed by atoms with Gasteiger partial charge in [0.25, 0.3) is 0 Å². The van der Waals surface area contributed by atoms with Gasteiger partial charge in [-0.15, -0.1) is 0 Å². The van der Waals surface area contributed by atoms with E-state index in [0.29, 0.717) is 17.2 Å². The van der Waals surface area contributed by atoms with Gasteiger partial charge in [-0.1, -0.05) is 19.1 Å². The number of nitrogens with zero attached hydrogens (tertiary/aromatic N) is 1. The second-order valence-electron chi connectivity index (χ2n) is 5.60. The molecule has 0 bridgehead atoms. The molecule has 0 heterocycles. The van der Waals surface area contributed by atoms with Gasteiger partial charge in [-0.25, -0.2) is 0 Å². The third-order valence-corrected chi connectivity index (χ3v) is 4.01. The summed E-state index contributed by atoms with van der Waals surface area (Å²) in [5.74, 6) is 0.118. The van der Waals surface area contributed by atoms with Crippen LogP contribution in [0.3, 0.4) is 0 Å². The SMILES string of the molecule is CCc1ccc(NC(=O)[C@@H](C#N)Cc2cc(OC)ccc2OC)cc1. The maximum absolute atomic E-state index is 12.5. The molecule has 0 saturated heterocycles. The number of ether oxygens (including phenoxy) is 2. The molecular formula is C20H22N2O3. The highest BCUT2D eigenvalue weighted by Gasteiger charge is 2.21. The number of hydrogen-bond acceptors (Lipinski definition) is 4. The quantitative estimate of drug-likeness (QED) is 0.837. The lowest BCUT2D eigenvalue weighted by atomic mass is 9.98. The van der Waals surface area contributed by atoms with Crippen LogP contribution in [-0.2, 0) is 17.6 Å². The molecule has 5 heteroatoms. The summed E-state index contributed by atoms with van der Waals surface area (Å²) in [6.07, 6.45) is 1.18. The van der Waals surface area contributed by atoms with Crippen molar-refractivity contribution >= 4 is 11.6 Å². The highest BCUT2D eigenvalue weighted by molar-refractivity contribution is 5.94. The third-order valence-electron chi connectivity index (χ3n) is 4.01. The van der Waals surface area contributed by atoms with Crippen LogP contribution in [0.5, 0.6) is 11.5 Å². The highest BCUT2D eigenvalue weighted by Crippen LogP contribution is 2.26. The Hall–Kier alpha value is -3.00. The largest absolute Gasteiger partial charge is 0.497 e. The van der Waals surface area contributed by atoms with E-state index in [1.165, 1.54) is 5.56 Å². The molecule has 0 unspecified atom stereocenters. The number of carbonyl (C=O) groups excluding carboxylic acids is 1. The van der Waals surface area contributed by atoms with Crippen molar-refractivity contribution in [1.82, 2.24) is 0 Å². The molecule has 1 N–H and O–H groups in total. The zero-order chi connectivity index (χ0) is 18.2. The zero-order valence-corrected chi connectivity index (χ0v) is 14.7. The van der Waals surface area contributed by atoms with E-state index in [2.05, 4.69) is 18.3 Å². The Morgan fingerprint density at radius 2 is 1.88 bits per heavy atom. The number of amides is 1. The minimum absolute atomic E-state index is 0.246. The fraction of sp³-hybridized carbons (Fsp3) is 0.300. The van der Waals surface area contributed by atoms with Crippen LogP contribution in [0, 0.1) is 17.2 Å². The predicted molar refractivity (Wildman–Crippen MR) is 96.8 cm³/mol. The molecule has 0 spiro atoms. The molecule has 1 atom stereocenters. The molecule has 2 aromatic carbocycles. The average Bonchev–Trinajstić information content (AvgIpc) is 2.66. The van der Waals surface area contributed by atoms with Crippen LogP contribution in [0.1, 0.15) is 18.1 Å². The van der Waals surface area contributed by atoms with Gasteiger partial charge >= 0.3 is 0 Å². The van der Waals surface area contributed by atoms with Gasteiger partial charge in [0.1, 0.15) is 17.4 Å². The first-order valence-corrected chi connectivity index (χ1v) is 8.11. The number of aryl methyl sites for hydroxylation is 1. The lowest BCUT2D eigenvalue weighted by Gasteiger charge is -2.14. The molecule has 0 aromatic heterocycles. The molecule has 130 valence electrons. The van der Waals surface area contributed by atoms with Crippen molar-refractivity contribution < 1.29 is 14.3 Å². The normalized spacial score (nSPS) is 11.3. The second-order valence-corrected chi connectivity index (χ2v) is 5.60. The lowest BCUT2D eigenvalue weighted by molar-refractivity contribution is -0.118. The third kappa shape index (κ3) is 4.74. The summed E-state index contributed by atoms with van der Waals surface area (Å²) in [6, 6.07) is 15.0. The van der Waals surface area contributed by atoms with Crippen molar-refractivity contribution in [3.05, 3.63) is 53.6 Å². The smallest absolute Gasteiger partial charge is 0.242 e. The monoisotopic (exact) mass is 338 g/mol. The number of rotatable bonds is 7. The zero-order valence-electron chi connectivity index (χ0n) is 14.7. The molecule has 5 nitrogen and oxygen atoms in total. The minimum atomic E-state index is -0.827. The molecule has 1 amide bonds. The minimum Gasteiger partial charge on any atom is -0.497 e. The van der Waals surface area contributed by atoms with Gasteiger partial charge in [0.05, 0.1) is 20.3 Å². The average molecular weight is 338 g/mol. The number of nitriles is 1. The summed E-state index contributed by atoms with van der Waals surface area (Å²) in [6.45, 7) is 2.07. The van der Waals surface area contributed by atoms with Crippen LogP contribution >= 0.6 is 0 Å². The Labute approximate surface area is 148 Å². The first-order chi connectivity index (χ1) is 12.1. The van der Waals surface area contributed by atoms with Crippen molar-refractivity contribution in [2.24, 2.45) is 5.92 Å². The van der Waals surface area contributed by atoms with E-state index >= 15 is 0 Å². The predicted octanol–water partition coefficient (Wildman–Crippen LogP) is 3.59. The van der Waals surface area contributed by atoms with Crippen LogP contribution in [0.2, 0.25) is 0 Å². The first-order valence-electron chi connectivity index (χ1n) is 8.11. The molecule has 2 aromatic rings. The highest BCUT2D eigenvalue weighted by atomic mass is 16.5. The number of methoxy groups -OCH3 is 2. The Balaban J connectivity index is 2.13. The van der Waals surface area contributed by atoms with Crippen molar-refractivity contribution in [3.8, 4) is 17.6 Å². The van der Waals surface area contributed by atoms with Crippen LogP contribution < -0.4 is 14.8 Å². The Morgan fingerprint density at radius 3 is 2.44 bits per heavy atom. The molecule has 0 aliphatic carbocycles. The molecule has 0 aliphatic heterocycles. The fourth-order valence-electron chi connectivity index (χ4n) is 2.51. The van der Waals surface area contributed by atoms with Crippen LogP contribution in [0.15, 0.2) is 42.5 Å². The van der Waals surface area contributed by atoms with Crippen LogP contribution in [-0.4, -0.2) is 20.1 Å². The molecule has 25 heavy (non-hydrogen) atoms. The summed E-state index contributed by atoms with van der Waals surface area (Å²) < 4.78 is 10.5. The molecular weight excluding hydrogens is 316 g/mol. The number of anilines is 1. The number of carbonyl (C=O) groups is 1. The van der Waals surface area contributed by atoms with Gasteiger partial charge in [0.2, 0.25) is 5.91 Å². The van der Waals surface area contributed by atoms with E-state index in [1.54, 1.807) is 32.4 Å². The molecule has 0 radical (unpaired) electrons. The maximum Gasteiger partial charge on any atom is 0.242 e.